The third-order valence-electron chi connectivity index (χ3n) is 2.87. The standard InChI is InChI=1S/C16H25FN2O2/c1-16(2,3)21-15(20)19(11-4-10-18)12-9-13-5-7-14(17)8-6-13/h5-8H,4,9-12,18H2,1-3H3. The van der Waals surface area contributed by atoms with Crippen LogP contribution in [0.15, 0.2) is 24.3 Å². The van der Waals surface area contributed by atoms with E-state index in [1.807, 2.05) is 20.8 Å². The maximum Gasteiger partial charge on any atom is 0.410 e. The molecule has 5 heteroatoms. The summed E-state index contributed by atoms with van der Waals surface area (Å²) in [6.45, 7) is 7.13. The average Bonchev–Trinajstić information content (AvgIpc) is 2.38. The number of carbonyl (C=O) groups is 1. The Kier molecular flexibility index (Phi) is 6.62. The molecular formula is C16H25FN2O2. The van der Waals surface area contributed by atoms with Gasteiger partial charge in [0.2, 0.25) is 0 Å². The quantitative estimate of drug-likeness (QED) is 0.878. The van der Waals surface area contributed by atoms with E-state index in [2.05, 4.69) is 0 Å². The highest BCUT2D eigenvalue weighted by molar-refractivity contribution is 5.68. The summed E-state index contributed by atoms with van der Waals surface area (Å²) in [5, 5.41) is 0. The molecule has 1 amide bonds. The van der Waals surface area contributed by atoms with Crippen LogP contribution >= 0.6 is 0 Å². The Morgan fingerprint density at radius 3 is 2.38 bits per heavy atom. The van der Waals surface area contributed by atoms with Crippen LogP contribution in [0, 0.1) is 5.82 Å². The highest BCUT2D eigenvalue weighted by Crippen LogP contribution is 2.11. The van der Waals surface area contributed by atoms with Crippen molar-refractivity contribution in [3.63, 3.8) is 0 Å². The zero-order valence-corrected chi connectivity index (χ0v) is 13.1. The van der Waals surface area contributed by atoms with Crippen molar-refractivity contribution in [2.75, 3.05) is 19.6 Å². The van der Waals surface area contributed by atoms with E-state index in [1.54, 1.807) is 17.0 Å². The van der Waals surface area contributed by atoms with E-state index in [-0.39, 0.29) is 11.9 Å². The fraction of sp³-hybridized carbons (Fsp3) is 0.562. The van der Waals surface area contributed by atoms with Crippen molar-refractivity contribution in [3.8, 4) is 0 Å². The molecule has 0 aromatic heterocycles. The second kappa shape index (κ2) is 7.98. The first-order valence-electron chi connectivity index (χ1n) is 7.24. The van der Waals surface area contributed by atoms with Crippen molar-refractivity contribution < 1.29 is 13.9 Å². The van der Waals surface area contributed by atoms with Gasteiger partial charge in [-0.2, -0.15) is 0 Å². The first-order valence-corrected chi connectivity index (χ1v) is 7.24. The van der Waals surface area contributed by atoms with Gasteiger partial charge >= 0.3 is 6.09 Å². The number of benzene rings is 1. The van der Waals surface area contributed by atoms with Gasteiger partial charge in [-0.3, -0.25) is 0 Å². The van der Waals surface area contributed by atoms with Gasteiger partial charge in [-0.15, -0.1) is 0 Å². The summed E-state index contributed by atoms with van der Waals surface area (Å²) < 4.78 is 18.3. The number of nitrogens with two attached hydrogens (primary N) is 1. The molecular weight excluding hydrogens is 271 g/mol. The molecule has 21 heavy (non-hydrogen) atoms. The normalized spacial score (nSPS) is 11.3. The molecule has 0 aliphatic rings. The molecule has 1 rings (SSSR count). The highest BCUT2D eigenvalue weighted by atomic mass is 19.1. The fourth-order valence-corrected chi connectivity index (χ4v) is 1.82. The van der Waals surface area contributed by atoms with Gasteiger partial charge < -0.3 is 15.4 Å². The SMILES string of the molecule is CC(C)(C)OC(=O)N(CCCN)CCc1ccc(F)cc1. The van der Waals surface area contributed by atoms with E-state index < -0.39 is 5.60 Å². The summed E-state index contributed by atoms with van der Waals surface area (Å²) in [7, 11) is 0. The smallest absolute Gasteiger partial charge is 0.410 e. The van der Waals surface area contributed by atoms with Crippen LogP contribution in [0.4, 0.5) is 9.18 Å². The number of hydrogen-bond acceptors (Lipinski definition) is 3. The van der Waals surface area contributed by atoms with Crippen molar-refractivity contribution in [1.29, 1.82) is 0 Å². The van der Waals surface area contributed by atoms with Crippen molar-refractivity contribution in [3.05, 3.63) is 35.6 Å². The molecule has 0 fully saturated rings. The van der Waals surface area contributed by atoms with Gasteiger partial charge in [0.05, 0.1) is 0 Å². The molecule has 0 spiro atoms. The van der Waals surface area contributed by atoms with Gasteiger partial charge in [-0.05, 0) is 57.9 Å². The van der Waals surface area contributed by atoms with E-state index in [9.17, 15) is 9.18 Å². The van der Waals surface area contributed by atoms with Gasteiger partial charge in [0.25, 0.3) is 0 Å². The lowest BCUT2D eigenvalue weighted by molar-refractivity contribution is 0.0251. The van der Waals surface area contributed by atoms with Crippen LogP contribution in [0.2, 0.25) is 0 Å². The minimum atomic E-state index is -0.520. The van der Waals surface area contributed by atoms with Crippen molar-refractivity contribution >= 4 is 6.09 Å². The van der Waals surface area contributed by atoms with Crippen molar-refractivity contribution in [1.82, 2.24) is 4.90 Å². The lowest BCUT2D eigenvalue weighted by Gasteiger charge is -2.27. The van der Waals surface area contributed by atoms with Crippen LogP contribution in [0.3, 0.4) is 0 Å². The summed E-state index contributed by atoms with van der Waals surface area (Å²) >= 11 is 0. The second-order valence-electron chi connectivity index (χ2n) is 5.99. The Balaban J connectivity index is 2.60. The van der Waals surface area contributed by atoms with Crippen LogP contribution in [-0.4, -0.2) is 36.2 Å². The summed E-state index contributed by atoms with van der Waals surface area (Å²) in [5.74, 6) is -0.258. The summed E-state index contributed by atoms with van der Waals surface area (Å²) in [4.78, 5) is 13.8. The van der Waals surface area contributed by atoms with Crippen LogP contribution < -0.4 is 5.73 Å². The molecule has 0 atom stereocenters. The molecule has 118 valence electrons. The minimum Gasteiger partial charge on any atom is -0.444 e. The molecule has 4 nitrogen and oxygen atoms in total. The van der Waals surface area contributed by atoms with E-state index in [1.165, 1.54) is 12.1 Å². The van der Waals surface area contributed by atoms with Crippen LogP contribution in [0.25, 0.3) is 0 Å². The molecule has 0 unspecified atom stereocenters. The van der Waals surface area contributed by atoms with Gasteiger partial charge in [0.1, 0.15) is 11.4 Å². The number of halogens is 1. The lowest BCUT2D eigenvalue weighted by Crippen LogP contribution is -2.39. The number of ether oxygens (including phenoxy) is 1. The summed E-state index contributed by atoms with van der Waals surface area (Å²) in [5.41, 5.74) is 5.97. The Hall–Kier alpha value is -1.62. The van der Waals surface area contributed by atoms with E-state index in [0.29, 0.717) is 26.1 Å². The molecule has 0 aliphatic heterocycles. The first kappa shape index (κ1) is 17.4. The molecule has 0 bridgehead atoms. The molecule has 0 radical (unpaired) electrons. The Labute approximate surface area is 126 Å². The van der Waals surface area contributed by atoms with E-state index in [0.717, 1.165) is 12.0 Å². The van der Waals surface area contributed by atoms with Gasteiger partial charge in [-0.25, -0.2) is 9.18 Å². The van der Waals surface area contributed by atoms with Crippen LogP contribution in [0.1, 0.15) is 32.8 Å². The molecule has 0 saturated carbocycles. The maximum absolute atomic E-state index is 12.9. The molecule has 0 heterocycles. The number of carbonyl (C=O) groups excluding carboxylic acids is 1. The minimum absolute atomic E-state index is 0.258. The van der Waals surface area contributed by atoms with E-state index in [4.69, 9.17) is 10.5 Å². The molecule has 0 saturated heterocycles. The Bertz CT molecular complexity index is 441. The van der Waals surface area contributed by atoms with Crippen molar-refractivity contribution in [2.24, 2.45) is 5.73 Å². The lowest BCUT2D eigenvalue weighted by atomic mass is 10.1. The fourth-order valence-electron chi connectivity index (χ4n) is 1.82. The van der Waals surface area contributed by atoms with Gasteiger partial charge in [0, 0.05) is 13.1 Å². The summed E-state index contributed by atoms with van der Waals surface area (Å²) in [6, 6.07) is 6.30. The Morgan fingerprint density at radius 1 is 1.24 bits per heavy atom. The van der Waals surface area contributed by atoms with Crippen LogP contribution in [-0.2, 0) is 11.2 Å². The molecule has 0 aliphatic carbocycles. The van der Waals surface area contributed by atoms with Crippen molar-refractivity contribution in [2.45, 2.75) is 39.2 Å². The number of nitrogens with zero attached hydrogens (tertiary/aromatic N) is 1. The molecule has 1 aromatic carbocycles. The Morgan fingerprint density at radius 2 is 1.86 bits per heavy atom. The topological polar surface area (TPSA) is 55.6 Å². The number of rotatable bonds is 6. The third-order valence-corrected chi connectivity index (χ3v) is 2.87. The molecule has 1 aromatic rings. The number of hydrogen-bond donors (Lipinski definition) is 1. The largest absolute Gasteiger partial charge is 0.444 e. The zero-order chi connectivity index (χ0) is 15.9. The second-order valence-corrected chi connectivity index (χ2v) is 5.99. The third kappa shape index (κ3) is 7.09. The van der Waals surface area contributed by atoms with Gasteiger partial charge in [0.15, 0.2) is 0 Å². The summed E-state index contributed by atoms with van der Waals surface area (Å²) in [6.07, 6.45) is 1.05. The monoisotopic (exact) mass is 296 g/mol. The van der Waals surface area contributed by atoms with E-state index >= 15 is 0 Å². The average molecular weight is 296 g/mol. The first-order chi connectivity index (χ1) is 9.81. The number of amides is 1. The van der Waals surface area contributed by atoms with Crippen LogP contribution in [0.5, 0.6) is 0 Å². The highest BCUT2D eigenvalue weighted by Gasteiger charge is 2.21. The van der Waals surface area contributed by atoms with Gasteiger partial charge in [-0.1, -0.05) is 12.1 Å². The predicted octanol–water partition coefficient (Wildman–Crippen LogP) is 2.95. The molecule has 2 N–H and O–H groups in total. The predicted molar refractivity (Wildman–Crippen MR) is 81.6 cm³/mol. The zero-order valence-electron chi connectivity index (χ0n) is 13.1. The maximum atomic E-state index is 12.9.